The Labute approximate surface area is 135 Å². The van der Waals surface area contributed by atoms with Crippen molar-refractivity contribution in [3.8, 4) is 0 Å². The molecule has 1 aliphatic carbocycles. The zero-order valence-corrected chi connectivity index (χ0v) is 13.3. The molecule has 6 rings (SSSR count). The van der Waals surface area contributed by atoms with E-state index in [2.05, 4.69) is 29.7 Å². The number of piperidine rings is 1. The van der Waals surface area contributed by atoms with Gasteiger partial charge in [-0.2, -0.15) is 0 Å². The average Bonchev–Trinajstić information content (AvgIpc) is 3.04. The highest BCUT2D eigenvalue weighted by atomic mass is 15.4. The quantitative estimate of drug-likeness (QED) is 0.838. The Morgan fingerprint density at radius 2 is 1.96 bits per heavy atom. The molecule has 3 aliphatic heterocycles. The molecule has 0 spiro atoms. The SMILES string of the molecule is Cc1ccnc(N2CC3CC(C2)N3c2ncnc3c2CCC3)n1. The lowest BCUT2D eigenvalue weighted by atomic mass is 9.87. The van der Waals surface area contributed by atoms with Crippen LogP contribution in [0.25, 0.3) is 0 Å². The molecule has 3 fully saturated rings. The van der Waals surface area contributed by atoms with Crippen LogP contribution >= 0.6 is 0 Å². The lowest BCUT2D eigenvalue weighted by Gasteiger charge is -2.57. The third kappa shape index (κ3) is 2.00. The van der Waals surface area contributed by atoms with Gasteiger partial charge in [0.25, 0.3) is 0 Å². The molecular formula is C17H20N6. The molecule has 5 heterocycles. The van der Waals surface area contributed by atoms with Gasteiger partial charge >= 0.3 is 0 Å². The lowest BCUT2D eigenvalue weighted by Crippen LogP contribution is -2.69. The minimum Gasteiger partial charge on any atom is -0.347 e. The first kappa shape index (κ1) is 13.2. The number of aromatic nitrogens is 4. The standard InChI is InChI=1S/C17H20N6/c1-11-5-6-18-17(21-11)22-8-12-7-13(9-22)23(12)16-14-3-2-4-15(14)19-10-20-16/h5-6,10,12-13H,2-4,7-9H2,1H3. The van der Waals surface area contributed by atoms with Crippen molar-refractivity contribution in [3.05, 3.63) is 35.5 Å². The summed E-state index contributed by atoms with van der Waals surface area (Å²) in [5, 5.41) is 0. The molecule has 0 amide bonds. The van der Waals surface area contributed by atoms with Crippen molar-refractivity contribution in [1.29, 1.82) is 0 Å². The lowest BCUT2D eigenvalue weighted by molar-refractivity contribution is 0.286. The molecule has 0 N–H and O–H groups in total. The number of nitrogens with zero attached hydrogens (tertiary/aromatic N) is 6. The molecule has 23 heavy (non-hydrogen) atoms. The van der Waals surface area contributed by atoms with Crippen LogP contribution in [0.3, 0.4) is 0 Å². The third-order valence-corrected chi connectivity index (χ3v) is 5.35. The van der Waals surface area contributed by atoms with Gasteiger partial charge in [0.05, 0.1) is 12.1 Å². The first-order valence-corrected chi connectivity index (χ1v) is 8.45. The Morgan fingerprint density at radius 3 is 2.78 bits per heavy atom. The van der Waals surface area contributed by atoms with Gasteiger partial charge in [0.1, 0.15) is 12.1 Å². The van der Waals surface area contributed by atoms with E-state index in [0.717, 1.165) is 37.6 Å². The van der Waals surface area contributed by atoms with Gasteiger partial charge in [-0.3, -0.25) is 0 Å². The van der Waals surface area contributed by atoms with Gasteiger partial charge in [-0.05, 0) is 38.7 Å². The summed E-state index contributed by atoms with van der Waals surface area (Å²) < 4.78 is 0. The normalized spacial score (nSPS) is 25.3. The number of rotatable bonds is 2. The molecule has 2 aromatic heterocycles. The summed E-state index contributed by atoms with van der Waals surface area (Å²) in [6.07, 6.45) is 8.31. The monoisotopic (exact) mass is 308 g/mol. The van der Waals surface area contributed by atoms with Gasteiger partial charge < -0.3 is 9.80 Å². The van der Waals surface area contributed by atoms with Gasteiger partial charge in [0.15, 0.2) is 0 Å². The van der Waals surface area contributed by atoms with Crippen LogP contribution in [-0.2, 0) is 12.8 Å². The van der Waals surface area contributed by atoms with Crippen molar-refractivity contribution < 1.29 is 0 Å². The Bertz CT molecular complexity index is 748. The Morgan fingerprint density at radius 1 is 1.09 bits per heavy atom. The Balaban J connectivity index is 1.41. The number of aryl methyl sites for hydroxylation is 2. The van der Waals surface area contributed by atoms with Crippen molar-refractivity contribution in [3.63, 3.8) is 0 Å². The zero-order chi connectivity index (χ0) is 15.4. The van der Waals surface area contributed by atoms with E-state index in [4.69, 9.17) is 0 Å². The van der Waals surface area contributed by atoms with Gasteiger partial charge in [-0.15, -0.1) is 0 Å². The first-order valence-electron chi connectivity index (χ1n) is 8.45. The van der Waals surface area contributed by atoms with E-state index < -0.39 is 0 Å². The molecule has 2 unspecified atom stereocenters. The van der Waals surface area contributed by atoms with Crippen LogP contribution in [-0.4, -0.2) is 45.1 Å². The minimum absolute atomic E-state index is 0.525. The van der Waals surface area contributed by atoms with Crippen molar-refractivity contribution in [2.24, 2.45) is 0 Å². The van der Waals surface area contributed by atoms with E-state index >= 15 is 0 Å². The molecule has 0 saturated carbocycles. The first-order chi connectivity index (χ1) is 11.3. The maximum Gasteiger partial charge on any atom is 0.225 e. The van der Waals surface area contributed by atoms with Gasteiger partial charge in [0, 0.05) is 36.2 Å². The summed E-state index contributed by atoms with van der Waals surface area (Å²) in [5.74, 6) is 2.06. The maximum absolute atomic E-state index is 4.63. The van der Waals surface area contributed by atoms with E-state index in [0.29, 0.717) is 12.1 Å². The summed E-state index contributed by atoms with van der Waals surface area (Å²) in [6.45, 7) is 3.99. The van der Waals surface area contributed by atoms with Gasteiger partial charge in [-0.25, -0.2) is 19.9 Å². The highest BCUT2D eigenvalue weighted by molar-refractivity contribution is 5.57. The largest absolute Gasteiger partial charge is 0.347 e. The molecule has 6 nitrogen and oxygen atoms in total. The second kappa shape index (κ2) is 4.88. The van der Waals surface area contributed by atoms with Crippen LogP contribution in [0.1, 0.15) is 29.8 Å². The summed E-state index contributed by atoms with van der Waals surface area (Å²) >= 11 is 0. The van der Waals surface area contributed by atoms with Gasteiger partial charge in [0.2, 0.25) is 5.95 Å². The van der Waals surface area contributed by atoms with Crippen LogP contribution in [0.5, 0.6) is 0 Å². The van der Waals surface area contributed by atoms with E-state index in [9.17, 15) is 0 Å². The predicted octanol–water partition coefficient (Wildman–Crippen LogP) is 1.53. The predicted molar refractivity (Wildman–Crippen MR) is 87.7 cm³/mol. The number of fused-ring (bicyclic) bond motifs is 3. The van der Waals surface area contributed by atoms with E-state index in [1.54, 1.807) is 6.33 Å². The molecule has 4 aliphatic rings. The van der Waals surface area contributed by atoms with E-state index in [1.165, 1.54) is 29.9 Å². The van der Waals surface area contributed by atoms with Gasteiger partial charge in [-0.1, -0.05) is 0 Å². The molecule has 3 saturated heterocycles. The Kier molecular flexibility index (Phi) is 2.80. The number of hydrogen-bond acceptors (Lipinski definition) is 6. The molecular weight excluding hydrogens is 288 g/mol. The molecule has 118 valence electrons. The van der Waals surface area contributed by atoms with Crippen molar-refractivity contribution in [2.45, 2.75) is 44.7 Å². The molecule has 6 heteroatoms. The molecule has 0 radical (unpaired) electrons. The number of piperazine rings is 1. The van der Waals surface area contributed by atoms with Crippen LogP contribution in [0.4, 0.5) is 11.8 Å². The smallest absolute Gasteiger partial charge is 0.225 e. The van der Waals surface area contributed by atoms with Crippen molar-refractivity contribution >= 4 is 11.8 Å². The summed E-state index contributed by atoms with van der Waals surface area (Å²) in [5.41, 5.74) is 3.68. The zero-order valence-electron chi connectivity index (χ0n) is 13.3. The van der Waals surface area contributed by atoms with Crippen LogP contribution < -0.4 is 9.80 Å². The van der Waals surface area contributed by atoms with Crippen LogP contribution in [0.2, 0.25) is 0 Å². The fourth-order valence-electron chi connectivity index (χ4n) is 4.27. The number of hydrogen-bond donors (Lipinski definition) is 0. The van der Waals surface area contributed by atoms with Crippen LogP contribution in [0.15, 0.2) is 18.6 Å². The number of anilines is 2. The highest BCUT2D eigenvalue weighted by Gasteiger charge is 2.47. The van der Waals surface area contributed by atoms with E-state index in [-0.39, 0.29) is 0 Å². The topological polar surface area (TPSA) is 58.0 Å². The second-order valence-corrected chi connectivity index (χ2v) is 6.83. The van der Waals surface area contributed by atoms with Crippen LogP contribution in [0, 0.1) is 6.92 Å². The van der Waals surface area contributed by atoms with Crippen molar-refractivity contribution in [2.75, 3.05) is 22.9 Å². The van der Waals surface area contributed by atoms with E-state index in [1.807, 2.05) is 19.2 Å². The Hall–Kier alpha value is -2.24. The summed E-state index contributed by atoms with van der Waals surface area (Å²) in [7, 11) is 0. The molecule has 2 bridgehead atoms. The fraction of sp³-hybridized carbons (Fsp3) is 0.529. The fourth-order valence-corrected chi connectivity index (χ4v) is 4.27. The minimum atomic E-state index is 0.525. The maximum atomic E-state index is 4.63. The molecule has 0 aromatic carbocycles. The average molecular weight is 308 g/mol. The summed E-state index contributed by atoms with van der Waals surface area (Å²) in [6, 6.07) is 3.00. The second-order valence-electron chi connectivity index (χ2n) is 6.83. The van der Waals surface area contributed by atoms with Crippen molar-refractivity contribution in [1.82, 2.24) is 19.9 Å². The summed E-state index contributed by atoms with van der Waals surface area (Å²) in [4.78, 5) is 23.0. The molecule has 2 aromatic rings. The highest BCUT2D eigenvalue weighted by Crippen LogP contribution is 2.40. The molecule has 2 atom stereocenters. The third-order valence-electron chi connectivity index (χ3n) is 5.35.